The third-order valence-corrected chi connectivity index (χ3v) is 4.63. The van der Waals surface area contributed by atoms with Gasteiger partial charge in [0.15, 0.2) is 0 Å². The Bertz CT molecular complexity index is 603. The van der Waals surface area contributed by atoms with Crippen molar-refractivity contribution in [1.29, 1.82) is 0 Å². The predicted octanol–water partition coefficient (Wildman–Crippen LogP) is 4.56. The smallest absolute Gasteiger partial charge is 0.0717 e. The number of rotatable bonds is 5. The standard InChI is InChI=1S/C21H27NO/c1-16-11-17(2)13-18(12-16)14-23-15-20-9-6-10-22-21(20)19-7-4-3-5-8-19/h3-5,7-8,11-13,20-22H,6,9-10,14-15H2,1-2H3. The number of benzene rings is 2. The van der Waals surface area contributed by atoms with Crippen LogP contribution in [0.5, 0.6) is 0 Å². The second-order valence-corrected chi connectivity index (χ2v) is 6.76. The molecule has 2 aromatic rings. The Labute approximate surface area is 139 Å². The molecular weight excluding hydrogens is 282 g/mol. The van der Waals surface area contributed by atoms with Crippen molar-refractivity contribution in [2.75, 3.05) is 13.2 Å². The molecule has 1 heterocycles. The maximum absolute atomic E-state index is 6.08. The van der Waals surface area contributed by atoms with Gasteiger partial charge in [0.05, 0.1) is 13.2 Å². The number of nitrogens with one attached hydrogen (secondary N) is 1. The SMILES string of the molecule is Cc1cc(C)cc(COCC2CCCNC2c2ccccc2)c1. The van der Waals surface area contributed by atoms with Crippen molar-refractivity contribution in [3.8, 4) is 0 Å². The molecule has 0 saturated carbocycles. The van der Waals surface area contributed by atoms with Gasteiger partial charge in [0.1, 0.15) is 0 Å². The van der Waals surface area contributed by atoms with Crippen LogP contribution >= 0.6 is 0 Å². The lowest BCUT2D eigenvalue weighted by atomic mass is 9.87. The summed E-state index contributed by atoms with van der Waals surface area (Å²) in [6.07, 6.45) is 2.47. The summed E-state index contributed by atoms with van der Waals surface area (Å²) in [5, 5.41) is 3.67. The van der Waals surface area contributed by atoms with Gasteiger partial charge < -0.3 is 10.1 Å². The summed E-state index contributed by atoms with van der Waals surface area (Å²) in [4.78, 5) is 0. The van der Waals surface area contributed by atoms with Crippen molar-refractivity contribution in [3.63, 3.8) is 0 Å². The van der Waals surface area contributed by atoms with E-state index in [4.69, 9.17) is 4.74 Å². The molecule has 2 aromatic carbocycles. The maximum atomic E-state index is 6.08. The number of hydrogen-bond acceptors (Lipinski definition) is 2. The number of piperidine rings is 1. The lowest BCUT2D eigenvalue weighted by Gasteiger charge is -2.33. The van der Waals surface area contributed by atoms with Gasteiger partial charge in [-0.15, -0.1) is 0 Å². The zero-order valence-electron chi connectivity index (χ0n) is 14.2. The van der Waals surface area contributed by atoms with Crippen LogP contribution in [-0.2, 0) is 11.3 Å². The first-order valence-corrected chi connectivity index (χ1v) is 8.65. The van der Waals surface area contributed by atoms with Crippen LogP contribution in [0.25, 0.3) is 0 Å². The number of ether oxygens (including phenoxy) is 1. The van der Waals surface area contributed by atoms with E-state index in [9.17, 15) is 0 Å². The predicted molar refractivity (Wildman–Crippen MR) is 95.5 cm³/mol. The van der Waals surface area contributed by atoms with Gasteiger partial charge in [-0.05, 0) is 44.4 Å². The van der Waals surface area contributed by atoms with Crippen molar-refractivity contribution in [1.82, 2.24) is 5.32 Å². The van der Waals surface area contributed by atoms with Crippen LogP contribution in [0.1, 0.15) is 41.1 Å². The maximum Gasteiger partial charge on any atom is 0.0717 e. The Morgan fingerprint density at radius 3 is 2.52 bits per heavy atom. The summed E-state index contributed by atoms with van der Waals surface area (Å²) >= 11 is 0. The average molecular weight is 309 g/mol. The Morgan fingerprint density at radius 1 is 1.04 bits per heavy atom. The molecule has 3 rings (SSSR count). The molecule has 1 fully saturated rings. The van der Waals surface area contributed by atoms with Crippen molar-refractivity contribution in [2.24, 2.45) is 5.92 Å². The second-order valence-electron chi connectivity index (χ2n) is 6.76. The van der Waals surface area contributed by atoms with Crippen LogP contribution in [0.4, 0.5) is 0 Å². The molecule has 0 bridgehead atoms. The van der Waals surface area contributed by atoms with Crippen LogP contribution in [-0.4, -0.2) is 13.2 Å². The van der Waals surface area contributed by atoms with E-state index >= 15 is 0 Å². The number of hydrogen-bond donors (Lipinski definition) is 1. The summed E-state index contributed by atoms with van der Waals surface area (Å²) in [5.41, 5.74) is 5.28. The molecule has 2 heteroatoms. The van der Waals surface area contributed by atoms with E-state index in [2.05, 4.69) is 67.7 Å². The third-order valence-electron chi connectivity index (χ3n) is 4.63. The van der Waals surface area contributed by atoms with Crippen LogP contribution in [0.2, 0.25) is 0 Å². The monoisotopic (exact) mass is 309 g/mol. The molecule has 0 amide bonds. The molecule has 0 aliphatic carbocycles. The summed E-state index contributed by atoms with van der Waals surface area (Å²) in [7, 11) is 0. The van der Waals surface area contributed by atoms with Crippen molar-refractivity contribution in [2.45, 2.75) is 39.3 Å². The quantitative estimate of drug-likeness (QED) is 0.874. The molecular formula is C21H27NO. The highest BCUT2D eigenvalue weighted by molar-refractivity contribution is 5.28. The first kappa shape index (κ1) is 16.2. The van der Waals surface area contributed by atoms with Gasteiger partial charge in [-0.2, -0.15) is 0 Å². The lowest BCUT2D eigenvalue weighted by Crippen LogP contribution is -2.36. The minimum absolute atomic E-state index is 0.421. The first-order chi connectivity index (χ1) is 11.2. The van der Waals surface area contributed by atoms with E-state index in [0.29, 0.717) is 18.6 Å². The summed E-state index contributed by atoms with van der Waals surface area (Å²) < 4.78 is 6.08. The summed E-state index contributed by atoms with van der Waals surface area (Å²) in [6, 6.07) is 17.8. The normalized spacial score (nSPS) is 21.3. The van der Waals surface area contributed by atoms with E-state index < -0.39 is 0 Å². The largest absolute Gasteiger partial charge is 0.376 e. The molecule has 1 N–H and O–H groups in total. The average Bonchev–Trinajstić information content (AvgIpc) is 2.55. The van der Waals surface area contributed by atoms with E-state index in [1.165, 1.54) is 35.1 Å². The fourth-order valence-electron chi connectivity index (χ4n) is 3.67. The summed E-state index contributed by atoms with van der Waals surface area (Å²) in [6.45, 7) is 6.92. The Kier molecular flexibility index (Phi) is 5.47. The number of aryl methyl sites for hydroxylation is 2. The molecule has 1 aliphatic heterocycles. The van der Waals surface area contributed by atoms with E-state index in [0.717, 1.165) is 13.2 Å². The van der Waals surface area contributed by atoms with Crippen molar-refractivity contribution >= 4 is 0 Å². The molecule has 2 atom stereocenters. The molecule has 2 unspecified atom stereocenters. The highest BCUT2D eigenvalue weighted by atomic mass is 16.5. The van der Waals surface area contributed by atoms with Crippen LogP contribution in [0.15, 0.2) is 48.5 Å². The van der Waals surface area contributed by atoms with Gasteiger partial charge >= 0.3 is 0 Å². The highest BCUT2D eigenvalue weighted by Crippen LogP contribution is 2.29. The Morgan fingerprint density at radius 2 is 1.78 bits per heavy atom. The van der Waals surface area contributed by atoms with E-state index in [1.807, 2.05) is 0 Å². The Balaban J connectivity index is 1.59. The molecule has 2 nitrogen and oxygen atoms in total. The fourth-order valence-corrected chi connectivity index (χ4v) is 3.67. The molecule has 0 aromatic heterocycles. The van der Waals surface area contributed by atoms with Gasteiger partial charge in [-0.25, -0.2) is 0 Å². The molecule has 0 radical (unpaired) electrons. The topological polar surface area (TPSA) is 21.3 Å². The Hall–Kier alpha value is -1.64. The zero-order chi connectivity index (χ0) is 16.1. The van der Waals surface area contributed by atoms with Gasteiger partial charge in [-0.1, -0.05) is 59.7 Å². The highest BCUT2D eigenvalue weighted by Gasteiger charge is 2.26. The lowest BCUT2D eigenvalue weighted by molar-refractivity contribution is 0.0613. The van der Waals surface area contributed by atoms with Gasteiger partial charge in [-0.3, -0.25) is 0 Å². The molecule has 0 spiro atoms. The minimum atomic E-state index is 0.421. The van der Waals surface area contributed by atoms with Crippen molar-refractivity contribution in [3.05, 3.63) is 70.8 Å². The van der Waals surface area contributed by atoms with Crippen LogP contribution in [0.3, 0.4) is 0 Å². The molecule has 1 saturated heterocycles. The van der Waals surface area contributed by atoms with E-state index in [-0.39, 0.29) is 0 Å². The molecule has 122 valence electrons. The van der Waals surface area contributed by atoms with Gasteiger partial charge in [0, 0.05) is 12.0 Å². The zero-order valence-corrected chi connectivity index (χ0v) is 14.2. The minimum Gasteiger partial charge on any atom is -0.376 e. The van der Waals surface area contributed by atoms with E-state index in [1.54, 1.807) is 0 Å². The van der Waals surface area contributed by atoms with Gasteiger partial charge in [0.25, 0.3) is 0 Å². The van der Waals surface area contributed by atoms with Crippen LogP contribution in [0, 0.1) is 19.8 Å². The van der Waals surface area contributed by atoms with Crippen LogP contribution < -0.4 is 5.32 Å². The van der Waals surface area contributed by atoms with Gasteiger partial charge in [0.2, 0.25) is 0 Å². The fraction of sp³-hybridized carbons (Fsp3) is 0.429. The second kappa shape index (κ2) is 7.76. The molecule has 23 heavy (non-hydrogen) atoms. The molecule has 1 aliphatic rings. The third kappa shape index (κ3) is 4.43. The summed E-state index contributed by atoms with van der Waals surface area (Å²) in [5.74, 6) is 0.553. The first-order valence-electron chi connectivity index (χ1n) is 8.65. The van der Waals surface area contributed by atoms with Crippen molar-refractivity contribution < 1.29 is 4.74 Å².